The maximum absolute atomic E-state index is 12.6. The highest BCUT2D eigenvalue weighted by Gasteiger charge is 2.27. The second kappa shape index (κ2) is 8.98. The molecule has 0 radical (unpaired) electrons. The van der Waals surface area contributed by atoms with Gasteiger partial charge in [0.25, 0.3) is 5.88 Å². The third kappa shape index (κ3) is 5.49. The van der Waals surface area contributed by atoms with Crippen molar-refractivity contribution in [2.24, 2.45) is 0 Å². The molecule has 9 nitrogen and oxygen atoms in total. The quantitative estimate of drug-likeness (QED) is 0.736. The number of hydrogen-bond donors (Lipinski definition) is 2. The lowest BCUT2D eigenvalue weighted by Crippen LogP contribution is -2.39. The number of carbonyl (C=O) groups excluding carboxylic acids is 1. The van der Waals surface area contributed by atoms with Crippen molar-refractivity contribution in [3.05, 3.63) is 42.4 Å². The number of benzene rings is 1. The van der Waals surface area contributed by atoms with Crippen LogP contribution >= 0.6 is 0 Å². The Kier molecular flexibility index (Phi) is 6.41. The Hall–Kier alpha value is -3.03. The number of sulfonamides is 1. The van der Waals surface area contributed by atoms with Crippen molar-refractivity contribution in [2.75, 3.05) is 5.32 Å². The minimum Gasteiger partial charge on any atom is -0.472 e. The zero-order chi connectivity index (χ0) is 20.9. The van der Waals surface area contributed by atoms with Crippen LogP contribution in [0.4, 0.5) is 5.69 Å². The minimum absolute atomic E-state index is 0.137. The van der Waals surface area contributed by atoms with Gasteiger partial charge in [-0.15, -0.1) is 0 Å². The molecule has 0 bridgehead atoms. The van der Waals surface area contributed by atoms with Crippen LogP contribution in [0.25, 0.3) is 0 Å². The van der Waals surface area contributed by atoms with E-state index in [0.29, 0.717) is 31.4 Å². The lowest BCUT2D eigenvalue weighted by atomic mass is 9.94. The average molecular weight is 415 g/mol. The summed E-state index contributed by atoms with van der Waals surface area (Å²) in [6, 6.07) is 7.76. The van der Waals surface area contributed by atoms with E-state index in [1.54, 1.807) is 12.1 Å². The van der Waals surface area contributed by atoms with Crippen molar-refractivity contribution in [1.29, 1.82) is 5.26 Å². The predicted octanol–water partition coefficient (Wildman–Crippen LogP) is 1.98. The van der Waals surface area contributed by atoms with Gasteiger partial charge in [0.15, 0.2) is 0 Å². The van der Waals surface area contributed by atoms with E-state index in [9.17, 15) is 13.2 Å². The number of aromatic nitrogens is 2. The molecule has 1 aliphatic carbocycles. The number of ether oxygens (including phenoxy) is 1. The molecule has 1 fully saturated rings. The van der Waals surface area contributed by atoms with Crippen LogP contribution in [-0.2, 0) is 14.8 Å². The van der Waals surface area contributed by atoms with Gasteiger partial charge in [0.1, 0.15) is 12.2 Å². The molecule has 29 heavy (non-hydrogen) atoms. The molecule has 0 saturated heterocycles. The van der Waals surface area contributed by atoms with E-state index < -0.39 is 10.0 Å². The van der Waals surface area contributed by atoms with Crippen molar-refractivity contribution >= 4 is 21.6 Å². The Morgan fingerprint density at radius 1 is 1.14 bits per heavy atom. The Labute approximate surface area is 169 Å². The first-order chi connectivity index (χ1) is 13.9. The fourth-order valence-corrected chi connectivity index (χ4v) is 4.46. The van der Waals surface area contributed by atoms with Gasteiger partial charge >= 0.3 is 0 Å². The predicted molar refractivity (Wildman–Crippen MR) is 104 cm³/mol. The van der Waals surface area contributed by atoms with Crippen LogP contribution in [0, 0.1) is 11.3 Å². The second-order valence-corrected chi connectivity index (χ2v) is 8.45. The van der Waals surface area contributed by atoms with E-state index in [2.05, 4.69) is 20.0 Å². The molecule has 2 N–H and O–H groups in total. The molecular weight excluding hydrogens is 394 g/mol. The first kappa shape index (κ1) is 20.7. The molecule has 1 aromatic carbocycles. The monoisotopic (exact) mass is 415 g/mol. The molecular formula is C19H21N5O4S. The summed E-state index contributed by atoms with van der Waals surface area (Å²) in [4.78, 5) is 19.2. The van der Waals surface area contributed by atoms with E-state index >= 15 is 0 Å². The van der Waals surface area contributed by atoms with Crippen LogP contribution in [0.5, 0.6) is 5.88 Å². The number of nitrogens with one attached hydrogen (secondary N) is 2. The third-order valence-corrected chi connectivity index (χ3v) is 6.07. The van der Waals surface area contributed by atoms with Gasteiger partial charge in [-0.05, 0) is 49.9 Å². The minimum atomic E-state index is -3.66. The summed E-state index contributed by atoms with van der Waals surface area (Å²) in [6.45, 7) is 1.39. The molecule has 0 unspecified atom stereocenters. The number of hydrogen-bond acceptors (Lipinski definition) is 7. The molecule has 1 heterocycles. The lowest BCUT2D eigenvalue weighted by molar-refractivity contribution is -0.114. The van der Waals surface area contributed by atoms with Gasteiger partial charge in [0, 0.05) is 31.0 Å². The highest BCUT2D eigenvalue weighted by Crippen LogP contribution is 2.25. The van der Waals surface area contributed by atoms with Gasteiger partial charge in [0.2, 0.25) is 21.6 Å². The van der Waals surface area contributed by atoms with E-state index in [0.717, 1.165) is 0 Å². The van der Waals surface area contributed by atoms with Gasteiger partial charge in [0.05, 0.1) is 4.90 Å². The van der Waals surface area contributed by atoms with E-state index in [1.165, 1.54) is 31.5 Å². The van der Waals surface area contributed by atoms with Gasteiger partial charge in [-0.25, -0.2) is 23.1 Å². The number of nitrogens with zero attached hydrogens (tertiary/aromatic N) is 3. The van der Waals surface area contributed by atoms with Crippen LogP contribution in [0.3, 0.4) is 0 Å². The highest BCUT2D eigenvalue weighted by atomic mass is 32.2. The van der Waals surface area contributed by atoms with Crippen molar-refractivity contribution in [3.8, 4) is 11.9 Å². The zero-order valence-corrected chi connectivity index (χ0v) is 16.6. The summed E-state index contributed by atoms with van der Waals surface area (Å²) in [6.07, 6.45) is 5.24. The number of rotatable bonds is 6. The standard InChI is InChI=1S/C19H21N5O4S/c1-13(25)23-14-4-8-17(9-5-14)29(26,27)24-15-2-6-16(7-3-15)28-19-18(12-20)21-10-11-22-19/h4-5,8-11,15-16,24H,2-3,6-7H2,1H3,(H,23,25). The number of anilines is 1. The van der Waals surface area contributed by atoms with Gasteiger partial charge in [-0.2, -0.15) is 5.26 Å². The first-order valence-corrected chi connectivity index (χ1v) is 10.6. The van der Waals surface area contributed by atoms with Gasteiger partial charge < -0.3 is 10.1 Å². The van der Waals surface area contributed by atoms with E-state index in [1.807, 2.05) is 6.07 Å². The summed E-state index contributed by atoms with van der Waals surface area (Å²) < 4.78 is 33.7. The maximum Gasteiger partial charge on any atom is 0.251 e. The summed E-state index contributed by atoms with van der Waals surface area (Å²) in [5.74, 6) is -0.0145. The molecule has 0 atom stereocenters. The Bertz CT molecular complexity index is 1010. The molecule has 0 spiro atoms. The van der Waals surface area contributed by atoms with Crippen molar-refractivity contribution < 1.29 is 17.9 Å². The van der Waals surface area contributed by atoms with Gasteiger partial charge in [-0.1, -0.05) is 0 Å². The largest absolute Gasteiger partial charge is 0.472 e. The molecule has 1 aromatic heterocycles. The van der Waals surface area contributed by atoms with Crippen molar-refractivity contribution in [2.45, 2.75) is 49.6 Å². The Morgan fingerprint density at radius 3 is 2.41 bits per heavy atom. The second-order valence-electron chi connectivity index (χ2n) is 6.74. The summed E-state index contributed by atoms with van der Waals surface area (Å²) in [5, 5.41) is 11.7. The van der Waals surface area contributed by atoms with Crippen LogP contribution < -0.4 is 14.8 Å². The molecule has 2 aromatic rings. The van der Waals surface area contributed by atoms with E-state index in [-0.39, 0.29) is 34.5 Å². The molecule has 1 aliphatic rings. The summed E-state index contributed by atoms with van der Waals surface area (Å²) in [5.41, 5.74) is 0.674. The number of carbonyl (C=O) groups is 1. The molecule has 0 aliphatic heterocycles. The van der Waals surface area contributed by atoms with Crippen molar-refractivity contribution in [1.82, 2.24) is 14.7 Å². The zero-order valence-electron chi connectivity index (χ0n) is 15.8. The molecule has 3 rings (SSSR count). The SMILES string of the molecule is CC(=O)Nc1ccc(S(=O)(=O)NC2CCC(Oc3nccnc3C#N)CC2)cc1. The highest BCUT2D eigenvalue weighted by molar-refractivity contribution is 7.89. The molecule has 1 saturated carbocycles. The Balaban J connectivity index is 1.56. The summed E-state index contributed by atoms with van der Waals surface area (Å²) in [7, 11) is -3.66. The smallest absolute Gasteiger partial charge is 0.251 e. The van der Waals surface area contributed by atoms with Crippen LogP contribution in [0.15, 0.2) is 41.6 Å². The maximum atomic E-state index is 12.6. The average Bonchev–Trinajstić information content (AvgIpc) is 2.69. The van der Waals surface area contributed by atoms with Crippen LogP contribution in [0.1, 0.15) is 38.3 Å². The lowest BCUT2D eigenvalue weighted by Gasteiger charge is -2.29. The fourth-order valence-electron chi connectivity index (χ4n) is 3.15. The third-order valence-electron chi connectivity index (χ3n) is 4.53. The summed E-state index contributed by atoms with van der Waals surface area (Å²) >= 11 is 0. The van der Waals surface area contributed by atoms with Crippen LogP contribution in [-0.4, -0.2) is 36.4 Å². The molecule has 10 heteroatoms. The first-order valence-electron chi connectivity index (χ1n) is 9.15. The van der Waals surface area contributed by atoms with E-state index in [4.69, 9.17) is 10.00 Å². The van der Waals surface area contributed by atoms with Crippen molar-refractivity contribution in [3.63, 3.8) is 0 Å². The Morgan fingerprint density at radius 2 is 1.79 bits per heavy atom. The number of nitriles is 1. The molecule has 1 amide bonds. The molecule has 152 valence electrons. The fraction of sp³-hybridized carbons (Fsp3) is 0.368. The number of amides is 1. The van der Waals surface area contributed by atoms with Crippen LogP contribution in [0.2, 0.25) is 0 Å². The van der Waals surface area contributed by atoms with Gasteiger partial charge in [-0.3, -0.25) is 4.79 Å². The topological polar surface area (TPSA) is 134 Å². The normalized spacial score (nSPS) is 19.2.